The van der Waals surface area contributed by atoms with Gasteiger partial charge in [-0.15, -0.1) is 0 Å². The van der Waals surface area contributed by atoms with Gasteiger partial charge >= 0.3 is 0 Å². The number of hydrogen-bond acceptors (Lipinski definition) is 3. The van der Waals surface area contributed by atoms with Crippen LogP contribution in [0.5, 0.6) is 0 Å². The number of benzene rings is 1. The topological polar surface area (TPSA) is 75.3 Å². The van der Waals surface area contributed by atoms with E-state index in [-0.39, 0.29) is 24.2 Å². The minimum Gasteiger partial charge on any atom is -0.352 e. The molecule has 1 aliphatic carbocycles. The van der Waals surface area contributed by atoms with Crippen LogP contribution in [0.1, 0.15) is 31.2 Å². The minimum atomic E-state index is -3.55. The SMILES string of the molecule is O=C(CNS(=O)(=O)Cc1cccc(Cl)c1)NC1CCCC1. The number of rotatable bonds is 6. The monoisotopic (exact) mass is 330 g/mol. The van der Waals surface area contributed by atoms with Crippen LogP contribution >= 0.6 is 11.6 Å². The van der Waals surface area contributed by atoms with Gasteiger partial charge in [-0.1, -0.05) is 36.6 Å². The molecule has 1 fully saturated rings. The highest BCUT2D eigenvalue weighted by atomic mass is 35.5. The maximum atomic E-state index is 11.9. The Kier molecular flexibility index (Phi) is 5.61. The van der Waals surface area contributed by atoms with E-state index < -0.39 is 10.0 Å². The van der Waals surface area contributed by atoms with Gasteiger partial charge in [-0.3, -0.25) is 4.79 Å². The summed E-state index contributed by atoms with van der Waals surface area (Å²) in [6.45, 7) is -0.223. The summed E-state index contributed by atoms with van der Waals surface area (Å²) in [4.78, 5) is 11.7. The zero-order valence-corrected chi connectivity index (χ0v) is 13.2. The Morgan fingerprint density at radius 1 is 1.29 bits per heavy atom. The Morgan fingerprint density at radius 2 is 2.00 bits per heavy atom. The summed E-state index contributed by atoms with van der Waals surface area (Å²) < 4.78 is 26.2. The van der Waals surface area contributed by atoms with E-state index >= 15 is 0 Å². The second-order valence-electron chi connectivity index (χ2n) is 5.26. The van der Waals surface area contributed by atoms with Gasteiger partial charge in [0.15, 0.2) is 0 Å². The Hall–Kier alpha value is -1.11. The first-order valence-electron chi connectivity index (χ1n) is 6.96. The summed E-state index contributed by atoms with van der Waals surface area (Å²) in [6.07, 6.45) is 4.18. The highest BCUT2D eigenvalue weighted by Gasteiger charge is 2.18. The third-order valence-corrected chi connectivity index (χ3v) is 4.95. The Labute approximate surface area is 130 Å². The van der Waals surface area contributed by atoms with E-state index in [0.29, 0.717) is 10.6 Å². The van der Waals surface area contributed by atoms with Crippen molar-refractivity contribution in [1.29, 1.82) is 0 Å². The number of halogens is 1. The van der Waals surface area contributed by atoms with E-state index in [4.69, 9.17) is 11.6 Å². The van der Waals surface area contributed by atoms with Crippen LogP contribution in [0, 0.1) is 0 Å². The van der Waals surface area contributed by atoms with Crippen LogP contribution in [0.25, 0.3) is 0 Å². The zero-order chi connectivity index (χ0) is 15.3. The first-order valence-corrected chi connectivity index (χ1v) is 8.99. The average molecular weight is 331 g/mol. The second kappa shape index (κ2) is 7.24. The van der Waals surface area contributed by atoms with Crippen molar-refractivity contribution in [3.8, 4) is 0 Å². The highest BCUT2D eigenvalue weighted by Crippen LogP contribution is 2.17. The lowest BCUT2D eigenvalue weighted by Gasteiger charge is -2.12. The zero-order valence-electron chi connectivity index (χ0n) is 11.6. The van der Waals surface area contributed by atoms with Gasteiger partial charge in [0.25, 0.3) is 0 Å². The molecule has 2 N–H and O–H groups in total. The molecular weight excluding hydrogens is 312 g/mol. The molecule has 0 atom stereocenters. The molecule has 1 aromatic carbocycles. The van der Waals surface area contributed by atoms with Crippen LogP contribution in [0.15, 0.2) is 24.3 Å². The minimum absolute atomic E-state index is 0.190. The summed E-state index contributed by atoms with van der Waals surface area (Å²) in [5, 5.41) is 3.33. The molecule has 0 bridgehead atoms. The predicted molar refractivity (Wildman–Crippen MR) is 82.5 cm³/mol. The molecule has 0 saturated heterocycles. The Morgan fingerprint density at radius 3 is 2.67 bits per heavy atom. The Bertz CT molecular complexity index is 598. The van der Waals surface area contributed by atoms with Crippen molar-refractivity contribution in [3.63, 3.8) is 0 Å². The van der Waals surface area contributed by atoms with Gasteiger partial charge in [-0.05, 0) is 30.5 Å². The number of hydrogen-bond donors (Lipinski definition) is 2. The van der Waals surface area contributed by atoms with E-state index in [1.807, 2.05) is 0 Å². The van der Waals surface area contributed by atoms with Crippen molar-refractivity contribution in [2.45, 2.75) is 37.5 Å². The van der Waals surface area contributed by atoms with Crippen molar-refractivity contribution >= 4 is 27.5 Å². The van der Waals surface area contributed by atoms with Crippen LogP contribution in [-0.4, -0.2) is 26.9 Å². The summed E-state index contributed by atoms with van der Waals surface area (Å²) in [7, 11) is -3.55. The number of carbonyl (C=O) groups excluding carboxylic acids is 1. The van der Waals surface area contributed by atoms with E-state index in [0.717, 1.165) is 25.7 Å². The van der Waals surface area contributed by atoms with Gasteiger partial charge in [0.1, 0.15) is 0 Å². The molecule has 0 aliphatic heterocycles. The summed E-state index contributed by atoms with van der Waals surface area (Å²) in [5.74, 6) is -0.471. The average Bonchev–Trinajstić information content (AvgIpc) is 2.89. The van der Waals surface area contributed by atoms with Gasteiger partial charge in [0.05, 0.1) is 12.3 Å². The lowest BCUT2D eigenvalue weighted by Crippen LogP contribution is -2.41. The predicted octanol–water partition coefficient (Wildman–Crippen LogP) is 1.82. The van der Waals surface area contributed by atoms with Crippen LogP contribution < -0.4 is 10.0 Å². The molecular formula is C14H19ClN2O3S. The number of amides is 1. The van der Waals surface area contributed by atoms with E-state index in [1.54, 1.807) is 24.3 Å². The van der Waals surface area contributed by atoms with Gasteiger partial charge in [0.2, 0.25) is 15.9 Å². The molecule has 2 rings (SSSR count). The second-order valence-corrected chi connectivity index (χ2v) is 7.50. The summed E-state index contributed by atoms with van der Waals surface area (Å²) in [6, 6.07) is 6.85. The van der Waals surface area contributed by atoms with E-state index in [9.17, 15) is 13.2 Å². The fourth-order valence-electron chi connectivity index (χ4n) is 2.42. The molecule has 1 saturated carbocycles. The molecule has 21 heavy (non-hydrogen) atoms. The number of sulfonamides is 1. The van der Waals surface area contributed by atoms with Gasteiger partial charge in [-0.2, -0.15) is 0 Å². The van der Waals surface area contributed by atoms with Crippen LogP contribution in [-0.2, 0) is 20.6 Å². The molecule has 0 spiro atoms. The van der Waals surface area contributed by atoms with Crippen molar-refractivity contribution in [2.24, 2.45) is 0 Å². The van der Waals surface area contributed by atoms with E-state index in [1.165, 1.54) is 0 Å². The third-order valence-electron chi connectivity index (χ3n) is 3.42. The molecule has 1 aromatic rings. The fraction of sp³-hybridized carbons (Fsp3) is 0.500. The molecule has 0 radical (unpaired) electrons. The largest absolute Gasteiger partial charge is 0.352 e. The fourth-order valence-corrected chi connectivity index (χ4v) is 3.71. The van der Waals surface area contributed by atoms with Gasteiger partial charge in [-0.25, -0.2) is 13.1 Å². The standard InChI is InChI=1S/C14H19ClN2O3S/c15-12-5-3-4-11(8-12)10-21(19,20)16-9-14(18)17-13-6-1-2-7-13/h3-5,8,13,16H,1-2,6-7,9-10H2,(H,17,18). The number of carbonyl (C=O) groups is 1. The van der Waals surface area contributed by atoms with Crippen LogP contribution in [0.2, 0.25) is 5.02 Å². The first kappa shape index (κ1) is 16.3. The van der Waals surface area contributed by atoms with E-state index in [2.05, 4.69) is 10.0 Å². The molecule has 0 aromatic heterocycles. The summed E-state index contributed by atoms with van der Waals surface area (Å²) >= 11 is 5.82. The molecule has 0 heterocycles. The smallest absolute Gasteiger partial charge is 0.235 e. The molecule has 7 heteroatoms. The molecule has 1 aliphatic rings. The Balaban J connectivity index is 1.81. The first-order chi connectivity index (χ1) is 9.94. The van der Waals surface area contributed by atoms with Gasteiger partial charge in [0, 0.05) is 11.1 Å². The molecule has 116 valence electrons. The van der Waals surface area contributed by atoms with Crippen molar-refractivity contribution < 1.29 is 13.2 Å². The van der Waals surface area contributed by atoms with Crippen molar-refractivity contribution in [2.75, 3.05) is 6.54 Å². The molecule has 5 nitrogen and oxygen atoms in total. The lowest BCUT2D eigenvalue weighted by atomic mass is 10.2. The maximum Gasteiger partial charge on any atom is 0.235 e. The van der Waals surface area contributed by atoms with Crippen LogP contribution in [0.3, 0.4) is 0 Å². The highest BCUT2D eigenvalue weighted by molar-refractivity contribution is 7.88. The summed E-state index contributed by atoms with van der Waals surface area (Å²) in [5.41, 5.74) is 0.589. The van der Waals surface area contributed by atoms with Crippen molar-refractivity contribution in [3.05, 3.63) is 34.9 Å². The van der Waals surface area contributed by atoms with Crippen molar-refractivity contribution in [1.82, 2.24) is 10.0 Å². The third kappa shape index (κ3) is 5.65. The molecule has 1 amide bonds. The quantitative estimate of drug-likeness (QED) is 0.835. The number of nitrogens with one attached hydrogen (secondary N) is 2. The molecule has 0 unspecified atom stereocenters. The van der Waals surface area contributed by atoms with Crippen LogP contribution in [0.4, 0.5) is 0 Å². The maximum absolute atomic E-state index is 11.9. The normalized spacial score (nSPS) is 16.0. The van der Waals surface area contributed by atoms with Gasteiger partial charge < -0.3 is 5.32 Å². The lowest BCUT2D eigenvalue weighted by molar-refractivity contribution is -0.120.